The number of nitrogens with zero attached hydrogens (tertiary/aromatic N) is 1. The second kappa shape index (κ2) is 9.15. The maximum Gasteiger partial charge on any atom is 0.266 e. The third-order valence-corrected chi connectivity index (χ3v) is 7.33. The van der Waals surface area contributed by atoms with Crippen molar-refractivity contribution in [1.29, 1.82) is 0 Å². The zero-order valence-electron chi connectivity index (χ0n) is 16.0. The van der Waals surface area contributed by atoms with E-state index in [2.05, 4.69) is 41.5 Å². The minimum atomic E-state index is -0.00478. The summed E-state index contributed by atoms with van der Waals surface area (Å²) < 4.78 is 0.624. The third kappa shape index (κ3) is 4.74. The van der Waals surface area contributed by atoms with Crippen molar-refractivity contribution < 1.29 is 4.79 Å². The third-order valence-electron chi connectivity index (χ3n) is 5.13. The minimum absolute atomic E-state index is 0.00478. The van der Waals surface area contributed by atoms with Crippen LogP contribution in [0.1, 0.15) is 29.2 Å². The number of thiophene rings is 1. The molecule has 1 aromatic heterocycles. The molecule has 2 aliphatic rings. The molecule has 1 unspecified atom stereocenters. The Morgan fingerprint density at radius 3 is 3.03 bits per heavy atom. The molecule has 2 N–H and O–H groups in total. The van der Waals surface area contributed by atoms with Gasteiger partial charge in [-0.25, -0.2) is 0 Å². The highest BCUT2D eigenvalue weighted by molar-refractivity contribution is 8.26. The SMILES string of the molecule is C=C(CCN1C(=O)/C(=C/c2cccs2)SC1=S)NCCC1CNc2ccccc21. The molecule has 4 nitrogen and oxygen atoms in total. The molecule has 0 aliphatic carbocycles. The molecule has 1 aromatic carbocycles. The molecule has 0 spiro atoms. The number of thioether (sulfide) groups is 1. The van der Waals surface area contributed by atoms with Crippen LogP contribution < -0.4 is 10.6 Å². The Morgan fingerprint density at radius 1 is 1.34 bits per heavy atom. The highest BCUT2D eigenvalue weighted by atomic mass is 32.2. The average Bonchev–Trinajstić information content (AvgIpc) is 3.43. The lowest BCUT2D eigenvalue weighted by molar-refractivity contribution is -0.122. The predicted molar refractivity (Wildman–Crippen MR) is 128 cm³/mol. The van der Waals surface area contributed by atoms with E-state index >= 15 is 0 Å². The molecular formula is C22H23N3OS3. The summed E-state index contributed by atoms with van der Waals surface area (Å²) in [6, 6.07) is 12.5. The number of fused-ring (bicyclic) bond motifs is 1. The first kappa shape index (κ1) is 20.2. The van der Waals surface area contributed by atoms with E-state index in [0.29, 0.717) is 28.1 Å². The summed E-state index contributed by atoms with van der Waals surface area (Å²) in [5.41, 5.74) is 3.59. The number of hydrogen-bond acceptors (Lipinski definition) is 6. The van der Waals surface area contributed by atoms with Crippen molar-refractivity contribution in [2.24, 2.45) is 0 Å². The van der Waals surface area contributed by atoms with Gasteiger partial charge in [-0.3, -0.25) is 9.69 Å². The van der Waals surface area contributed by atoms with Gasteiger partial charge in [0.15, 0.2) is 0 Å². The first-order valence-corrected chi connectivity index (χ1v) is 11.8. The lowest BCUT2D eigenvalue weighted by Gasteiger charge is -2.17. The summed E-state index contributed by atoms with van der Waals surface area (Å²) in [6.07, 6.45) is 3.66. The second-order valence-electron chi connectivity index (χ2n) is 7.08. The maximum absolute atomic E-state index is 12.7. The molecule has 3 heterocycles. The molecule has 29 heavy (non-hydrogen) atoms. The number of para-hydroxylation sites is 1. The number of carbonyl (C=O) groups excluding carboxylic acids is 1. The number of anilines is 1. The smallest absolute Gasteiger partial charge is 0.266 e. The summed E-state index contributed by atoms with van der Waals surface area (Å²) in [6.45, 7) is 6.55. The zero-order valence-corrected chi connectivity index (χ0v) is 18.5. The molecule has 7 heteroatoms. The van der Waals surface area contributed by atoms with Crippen molar-refractivity contribution in [1.82, 2.24) is 10.2 Å². The molecule has 1 amide bonds. The average molecular weight is 442 g/mol. The Kier molecular flexibility index (Phi) is 6.37. The number of thiocarbonyl (C=S) groups is 1. The molecular weight excluding hydrogens is 418 g/mol. The number of amides is 1. The van der Waals surface area contributed by atoms with Crippen molar-refractivity contribution in [2.45, 2.75) is 18.8 Å². The Labute approximate surface area is 185 Å². The lowest BCUT2D eigenvalue weighted by Crippen LogP contribution is -2.30. The highest BCUT2D eigenvalue weighted by Crippen LogP contribution is 2.34. The van der Waals surface area contributed by atoms with E-state index in [1.807, 2.05) is 23.6 Å². The van der Waals surface area contributed by atoms with Crippen LogP contribution in [0.4, 0.5) is 5.69 Å². The van der Waals surface area contributed by atoms with Gasteiger partial charge < -0.3 is 10.6 Å². The fourth-order valence-electron chi connectivity index (χ4n) is 3.57. The lowest BCUT2D eigenvalue weighted by atomic mass is 9.98. The van der Waals surface area contributed by atoms with E-state index in [0.717, 1.165) is 30.1 Å². The largest absolute Gasteiger partial charge is 0.389 e. The Balaban J connectivity index is 1.23. The van der Waals surface area contributed by atoms with Crippen molar-refractivity contribution in [2.75, 3.05) is 25.0 Å². The second-order valence-corrected chi connectivity index (χ2v) is 9.74. The van der Waals surface area contributed by atoms with Crippen LogP contribution in [0.2, 0.25) is 0 Å². The maximum atomic E-state index is 12.7. The topological polar surface area (TPSA) is 44.4 Å². The molecule has 4 rings (SSSR count). The summed E-state index contributed by atoms with van der Waals surface area (Å²) >= 11 is 8.41. The van der Waals surface area contributed by atoms with Gasteiger partial charge in [-0.2, -0.15) is 0 Å². The molecule has 0 bridgehead atoms. The van der Waals surface area contributed by atoms with E-state index in [1.54, 1.807) is 16.2 Å². The van der Waals surface area contributed by atoms with Gasteiger partial charge in [0, 0.05) is 48.2 Å². The van der Waals surface area contributed by atoms with Crippen LogP contribution in [0.5, 0.6) is 0 Å². The van der Waals surface area contributed by atoms with Crippen LogP contribution >= 0.6 is 35.3 Å². The first-order valence-electron chi connectivity index (χ1n) is 9.65. The van der Waals surface area contributed by atoms with Gasteiger partial charge >= 0.3 is 0 Å². The van der Waals surface area contributed by atoms with Crippen LogP contribution in [0.25, 0.3) is 6.08 Å². The van der Waals surface area contributed by atoms with Gasteiger partial charge in [0.2, 0.25) is 0 Å². The number of hydrogen-bond donors (Lipinski definition) is 2. The molecule has 0 radical (unpaired) electrons. The van der Waals surface area contributed by atoms with Crippen molar-refractivity contribution >= 4 is 57.3 Å². The summed E-state index contributed by atoms with van der Waals surface area (Å²) in [4.78, 5) is 16.1. The molecule has 1 atom stereocenters. The molecule has 2 aromatic rings. The summed E-state index contributed by atoms with van der Waals surface area (Å²) in [5.74, 6) is 0.524. The molecule has 2 aliphatic heterocycles. The zero-order chi connectivity index (χ0) is 20.2. The van der Waals surface area contributed by atoms with Crippen LogP contribution in [-0.2, 0) is 4.79 Å². The Bertz CT molecular complexity index is 952. The van der Waals surface area contributed by atoms with Gasteiger partial charge in [0.25, 0.3) is 5.91 Å². The van der Waals surface area contributed by atoms with Gasteiger partial charge in [0.1, 0.15) is 4.32 Å². The predicted octanol–water partition coefficient (Wildman–Crippen LogP) is 5.04. The van der Waals surface area contributed by atoms with Crippen molar-refractivity contribution in [3.8, 4) is 0 Å². The fraction of sp³-hybridized carbons (Fsp3) is 0.273. The quantitative estimate of drug-likeness (QED) is 0.444. The van der Waals surface area contributed by atoms with E-state index in [1.165, 1.54) is 23.0 Å². The van der Waals surface area contributed by atoms with Gasteiger partial charge in [-0.05, 0) is 35.6 Å². The summed E-state index contributed by atoms with van der Waals surface area (Å²) in [7, 11) is 0. The fourth-order valence-corrected chi connectivity index (χ4v) is 5.60. The molecule has 0 saturated carbocycles. The number of nitrogens with one attached hydrogen (secondary N) is 2. The Morgan fingerprint density at radius 2 is 2.21 bits per heavy atom. The van der Waals surface area contributed by atoms with Gasteiger partial charge in [0.05, 0.1) is 4.91 Å². The van der Waals surface area contributed by atoms with Crippen molar-refractivity contribution in [3.63, 3.8) is 0 Å². The van der Waals surface area contributed by atoms with Crippen LogP contribution in [0.15, 0.2) is 59.0 Å². The van der Waals surface area contributed by atoms with Gasteiger partial charge in [-0.15, -0.1) is 11.3 Å². The van der Waals surface area contributed by atoms with Crippen molar-refractivity contribution in [3.05, 3.63) is 69.4 Å². The first-order chi connectivity index (χ1) is 14.1. The van der Waals surface area contributed by atoms with Crippen LogP contribution in [0, 0.1) is 0 Å². The standard InChI is InChI=1S/C22H23N3OS3/c1-15(23-10-8-16-14-24-19-7-3-2-6-18(16)19)9-11-25-21(26)20(29-22(25)27)13-17-5-4-12-28-17/h2-7,12-13,16,23-24H,1,8-11,14H2/b20-13-. The van der Waals surface area contributed by atoms with E-state index in [-0.39, 0.29) is 5.91 Å². The van der Waals surface area contributed by atoms with E-state index in [4.69, 9.17) is 12.2 Å². The highest BCUT2D eigenvalue weighted by Gasteiger charge is 2.31. The summed E-state index contributed by atoms with van der Waals surface area (Å²) in [5, 5.41) is 8.89. The monoisotopic (exact) mass is 441 g/mol. The van der Waals surface area contributed by atoms with E-state index < -0.39 is 0 Å². The molecule has 150 valence electrons. The normalized spacial score (nSPS) is 19.5. The van der Waals surface area contributed by atoms with Crippen LogP contribution in [0.3, 0.4) is 0 Å². The number of rotatable bonds is 8. The van der Waals surface area contributed by atoms with Crippen LogP contribution in [-0.4, -0.2) is 34.8 Å². The Hall–Kier alpha value is -2.09. The van der Waals surface area contributed by atoms with Gasteiger partial charge in [-0.1, -0.05) is 54.8 Å². The number of benzene rings is 1. The van der Waals surface area contributed by atoms with E-state index in [9.17, 15) is 4.79 Å². The number of carbonyl (C=O) groups is 1. The molecule has 1 saturated heterocycles. The minimum Gasteiger partial charge on any atom is -0.389 e. The molecule has 1 fully saturated rings.